The Labute approximate surface area is 235 Å². The van der Waals surface area contributed by atoms with Crippen LogP contribution in [0.3, 0.4) is 0 Å². The predicted molar refractivity (Wildman–Crippen MR) is 154 cm³/mol. The van der Waals surface area contributed by atoms with Gasteiger partial charge in [0.15, 0.2) is 0 Å². The van der Waals surface area contributed by atoms with Crippen LogP contribution in [0.5, 0.6) is 0 Å². The van der Waals surface area contributed by atoms with Crippen LogP contribution in [0.4, 0.5) is 13.2 Å². The van der Waals surface area contributed by atoms with Gasteiger partial charge in [0.05, 0.1) is 11.3 Å². The zero-order valence-corrected chi connectivity index (χ0v) is 23.4. The number of halogens is 4. The van der Waals surface area contributed by atoms with Gasteiger partial charge < -0.3 is 5.73 Å². The fourth-order valence-electron chi connectivity index (χ4n) is 3.87. The minimum absolute atomic E-state index is 0.0383. The van der Waals surface area contributed by atoms with Crippen LogP contribution in [-0.4, -0.2) is 29.1 Å². The maximum Gasteiger partial charge on any atom is 0.416 e. The Hall–Kier alpha value is -3.30. The van der Waals surface area contributed by atoms with E-state index in [1.165, 1.54) is 12.1 Å². The molecule has 1 unspecified atom stereocenters. The summed E-state index contributed by atoms with van der Waals surface area (Å²) in [5.74, 6) is 0.671. The van der Waals surface area contributed by atoms with E-state index in [1.807, 2.05) is 63.2 Å². The van der Waals surface area contributed by atoms with E-state index < -0.39 is 17.2 Å². The molecule has 3 aromatic carbocycles. The third kappa shape index (κ3) is 7.42. The lowest BCUT2D eigenvalue weighted by atomic mass is 9.86. The Kier molecular flexibility index (Phi) is 8.71. The number of rotatable bonds is 4. The topological polar surface area (TPSA) is 66.3 Å². The van der Waals surface area contributed by atoms with Gasteiger partial charge in [-0.05, 0) is 53.9 Å². The molecule has 1 heterocycles. The van der Waals surface area contributed by atoms with Crippen LogP contribution in [0.1, 0.15) is 49.8 Å². The molecule has 0 saturated carbocycles. The summed E-state index contributed by atoms with van der Waals surface area (Å²) in [4.78, 5) is 5.16. The van der Waals surface area contributed by atoms with Gasteiger partial charge in [-0.15, -0.1) is 0 Å². The number of alkyl halides is 3. The molecule has 0 radical (unpaired) electrons. The number of aliphatic imine (C=N–C) groups is 1. The first-order valence-corrected chi connectivity index (χ1v) is 13.5. The number of hydrogen-bond acceptors (Lipinski definition) is 3. The maximum absolute atomic E-state index is 13.0. The summed E-state index contributed by atoms with van der Waals surface area (Å²) in [6.45, 7) is 6.34. The number of hydrazone groups is 1. The van der Waals surface area contributed by atoms with E-state index in [0.717, 1.165) is 47.3 Å². The molecule has 2 N–H and O–H groups in total. The van der Waals surface area contributed by atoms with Crippen molar-refractivity contribution < 1.29 is 13.2 Å². The maximum atomic E-state index is 13.0. The van der Waals surface area contributed by atoms with Crippen LogP contribution in [0.25, 0.3) is 0 Å². The molecule has 0 aliphatic carbocycles. The average Bonchev–Trinajstić information content (AvgIpc) is 2.91. The summed E-state index contributed by atoms with van der Waals surface area (Å²) in [6.07, 6.45) is -3.67. The molecule has 0 saturated heterocycles. The number of nitrogens with zero attached hydrogens (tertiary/aromatic N) is 4. The van der Waals surface area contributed by atoms with Crippen LogP contribution in [0.15, 0.2) is 98.2 Å². The summed E-state index contributed by atoms with van der Waals surface area (Å²) >= 11 is 7.17. The number of amidine groups is 1. The first-order valence-electron chi connectivity index (χ1n) is 12.4. The Morgan fingerprint density at radius 1 is 0.974 bits per heavy atom. The fraction of sp³-hybridized carbons (Fsp3) is 0.276. The second-order valence-corrected chi connectivity index (χ2v) is 11.4. The second kappa shape index (κ2) is 11.8. The number of nitrogens with two attached hydrogens (primary N) is 1. The molecule has 3 aromatic rings. The quantitative estimate of drug-likeness (QED) is 0.196. The highest BCUT2D eigenvalue weighted by Crippen LogP contribution is 2.33. The Balaban J connectivity index is 1.74. The Bertz CT molecular complexity index is 1360. The molecule has 1 atom stereocenters. The first kappa shape index (κ1) is 28.7. The van der Waals surface area contributed by atoms with Crippen LogP contribution in [0, 0.1) is 5.41 Å². The van der Waals surface area contributed by atoms with Crippen molar-refractivity contribution in [2.75, 3.05) is 6.54 Å². The normalized spacial score (nSPS) is 17.3. The van der Waals surface area contributed by atoms with Crippen LogP contribution in [-0.2, 0) is 6.18 Å². The average molecular weight is 572 g/mol. The van der Waals surface area contributed by atoms with Crippen LogP contribution in [0.2, 0.25) is 5.02 Å². The molecule has 10 heteroatoms. The highest BCUT2D eigenvalue weighted by molar-refractivity contribution is 7.98. The summed E-state index contributed by atoms with van der Waals surface area (Å²) in [6, 6.07) is 22.5. The minimum atomic E-state index is -4.40. The first-order chi connectivity index (χ1) is 18.4. The molecule has 0 fully saturated rings. The minimum Gasteiger partial charge on any atom is -0.387 e. The molecular weight excluding hydrogens is 543 g/mol. The SMILES string of the molecule is CC(C)(C)/C(N)=N/C(=N/Sc1ccc(C(F)(F)F)cc1)N1CCC(c2ccccc2)C(c2ccc(Cl)cc2)=N1. The lowest BCUT2D eigenvalue weighted by Gasteiger charge is -2.31. The largest absolute Gasteiger partial charge is 0.416 e. The third-order valence-electron chi connectivity index (χ3n) is 6.16. The fourth-order valence-corrected chi connectivity index (χ4v) is 4.58. The van der Waals surface area contributed by atoms with Crippen molar-refractivity contribution in [1.29, 1.82) is 0 Å². The molecular formula is C29H29ClF3N5S. The highest BCUT2D eigenvalue weighted by atomic mass is 35.5. The number of guanidine groups is 1. The molecule has 0 amide bonds. The van der Waals surface area contributed by atoms with E-state index in [1.54, 1.807) is 5.01 Å². The smallest absolute Gasteiger partial charge is 0.387 e. The van der Waals surface area contributed by atoms with E-state index in [9.17, 15) is 13.2 Å². The van der Waals surface area contributed by atoms with Crippen LogP contribution < -0.4 is 5.73 Å². The van der Waals surface area contributed by atoms with Crippen LogP contribution >= 0.6 is 23.5 Å². The van der Waals surface area contributed by atoms with E-state index in [0.29, 0.717) is 22.3 Å². The van der Waals surface area contributed by atoms with E-state index in [-0.39, 0.29) is 11.9 Å². The van der Waals surface area contributed by atoms with Gasteiger partial charge in [-0.3, -0.25) is 0 Å². The molecule has 39 heavy (non-hydrogen) atoms. The standard InChI is InChI=1S/C29H29ClF3N5S/c1-28(2,3)26(34)35-27(37-39-23-15-11-21(12-16-23)29(31,32)33)38-18-17-24(19-7-5-4-6-8-19)25(36-38)20-9-13-22(30)14-10-20/h4-16,24H,17-18H2,1-3H3,(H2,34,35,37). The molecule has 204 valence electrons. The zero-order chi connectivity index (χ0) is 28.2. The molecule has 0 spiro atoms. The van der Waals surface area contributed by atoms with Gasteiger partial charge >= 0.3 is 6.18 Å². The van der Waals surface area contributed by atoms with Crippen molar-refractivity contribution >= 4 is 41.1 Å². The number of benzene rings is 3. The molecule has 1 aliphatic heterocycles. The Morgan fingerprint density at radius 2 is 1.62 bits per heavy atom. The van der Waals surface area contributed by atoms with E-state index >= 15 is 0 Å². The van der Waals surface area contributed by atoms with Crippen molar-refractivity contribution in [3.05, 3.63) is 101 Å². The van der Waals surface area contributed by atoms with Gasteiger partial charge in [-0.2, -0.15) is 27.7 Å². The van der Waals surface area contributed by atoms with Gasteiger partial charge in [0.1, 0.15) is 5.84 Å². The third-order valence-corrected chi connectivity index (χ3v) is 7.15. The van der Waals surface area contributed by atoms with E-state index in [4.69, 9.17) is 22.4 Å². The molecule has 0 bridgehead atoms. The predicted octanol–water partition coefficient (Wildman–Crippen LogP) is 8.02. The summed E-state index contributed by atoms with van der Waals surface area (Å²) < 4.78 is 43.6. The zero-order valence-electron chi connectivity index (χ0n) is 21.8. The molecule has 1 aliphatic rings. The Morgan fingerprint density at radius 3 is 2.21 bits per heavy atom. The van der Waals surface area contributed by atoms with E-state index in [2.05, 4.69) is 21.5 Å². The molecule has 0 aromatic heterocycles. The molecule has 4 rings (SSSR count). The summed E-state index contributed by atoms with van der Waals surface area (Å²) in [5, 5.41) is 7.32. The van der Waals surface area contributed by atoms with Crippen molar-refractivity contribution in [1.82, 2.24) is 5.01 Å². The monoisotopic (exact) mass is 571 g/mol. The van der Waals surface area contributed by atoms with Crippen molar-refractivity contribution in [2.24, 2.45) is 25.6 Å². The van der Waals surface area contributed by atoms with Gasteiger partial charge in [-0.25, -0.2) is 5.01 Å². The van der Waals surface area contributed by atoms with Gasteiger partial charge in [0.25, 0.3) is 5.96 Å². The van der Waals surface area contributed by atoms with Crippen molar-refractivity contribution in [3.8, 4) is 0 Å². The van der Waals surface area contributed by atoms with Crippen molar-refractivity contribution in [2.45, 2.75) is 44.2 Å². The highest BCUT2D eigenvalue weighted by Gasteiger charge is 2.31. The van der Waals surface area contributed by atoms with Gasteiger partial charge in [-0.1, -0.05) is 74.8 Å². The van der Waals surface area contributed by atoms with Crippen molar-refractivity contribution in [3.63, 3.8) is 0 Å². The second-order valence-electron chi connectivity index (χ2n) is 10.1. The van der Waals surface area contributed by atoms with Gasteiger partial charge in [0, 0.05) is 39.7 Å². The number of hydrogen-bond donors (Lipinski definition) is 1. The lowest BCUT2D eigenvalue weighted by molar-refractivity contribution is -0.137. The van der Waals surface area contributed by atoms with Gasteiger partial charge in [0.2, 0.25) is 0 Å². The summed E-state index contributed by atoms with van der Waals surface area (Å²) in [7, 11) is 0. The lowest BCUT2D eigenvalue weighted by Crippen LogP contribution is -2.37. The summed E-state index contributed by atoms with van der Waals surface area (Å²) in [5.41, 5.74) is 8.07. The molecule has 5 nitrogen and oxygen atoms in total.